The molecule has 2 aromatic rings. The first-order chi connectivity index (χ1) is 18.9. The van der Waals surface area contributed by atoms with Gasteiger partial charge in [-0.1, -0.05) is 107 Å². The van der Waals surface area contributed by atoms with Crippen LogP contribution in [0, 0.1) is 0 Å². The van der Waals surface area contributed by atoms with Gasteiger partial charge in [0.2, 0.25) is 0 Å². The Kier molecular flexibility index (Phi) is 13.1. The number of esters is 1. The van der Waals surface area contributed by atoms with Crippen molar-refractivity contribution in [2.45, 2.75) is 104 Å². The smallest absolute Gasteiger partial charge is 0.411 e. The second kappa shape index (κ2) is 15.8. The number of amides is 1. The van der Waals surface area contributed by atoms with Crippen LogP contribution in [0.15, 0.2) is 72.8 Å². The lowest BCUT2D eigenvalue weighted by atomic mass is 10.0. The lowest BCUT2D eigenvalue weighted by Crippen LogP contribution is -2.47. The van der Waals surface area contributed by atoms with Gasteiger partial charge in [-0.25, -0.2) is 9.59 Å². The SMILES string of the molecule is CCCCOC(=O)[C@H](C/C=C/[C@H](C)O[Si](C)(C)C(C)(C)C)N(C(=O)OCc1ccccc1)[C@H](C)c1ccccc1. The van der Waals surface area contributed by atoms with Crippen LogP contribution in [-0.2, 0) is 25.3 Å². The Hall–Kier alpha value is -2.90. The fourth-order valence-electron chi connectivity index (χ4n) is 4.06. The lowest BCUT2D eigenvalue weighted by molar-refractivity contribution is -0.150. The van der Waals surface area contributed by atoms with Crippen molar-refractivity contribution in [2.75, 3.05) is 6.61 Å². The predicted molar refractivity (Wildman–Crippen MR) is 164 cm³/mol. The van der Waals surface area contributed by atoms with E-state index < -0.39 is 32.5 Å². The van der Waals surface area contributed by atoms with Crippen molar-refractivity contribution >= 4 is 20.4 Å². The molecule has 6 nitrogen and oxygen atoms in total. The maximum absolute atomic E-state index is 13.7. The number of carbonyl (C=O) groups is 2. The molecular formula is C33H49NO5Si. The molecule has 0 saturated carbocycles. The molecule has 0 unspecified atom stereocenters. The van der Waals surface area contributed by atoms with Gasteiger partial charge in [0.15, 0.2) is 8.32 Å². The molecule has 0 N–H and O–H groups in total. The number of carbonyl (C=O) groups excluding carboxylic acids is 2. The van der Waals surface area contributed by atoms with Crippen LogP contribution in [-0.4, -0.2) is 44.0 Å². The van der Waals surface area contributed by atoms with Crippen LogP contribution in [0.4, 0.5) is 4.79 Å². The molecule has 0 bridgehead atoms. The van der Waals surface area contributed by atoms with E-state index in [1.54, 1.807) is 0 Å². The monoisotopic (exact) mass is 567 g/mol. The van der Waals surface area contributed by atoms with Gasteiger partial charge in [-0.2, -0.15) is 0 Å². The van der Waals surface area contributed by atoms with Gasteiger partial charge >= 0.3 is 12.1 Å². The second-order valence-corrected chi connectivity index (χ2v) is 16.6. The number of ether oxygens (including phenoxy) is 2. The summed E-state index contributed by atoms with van der Waals surface area (Å²) in [5, 5.41) is 0.0884. The minimum Gasteiger partial charge on any atom is -0.464 e. The standard InChI is InChI=1S/C33H49NO5Si/c1-9-10-24-37-31(35)30(23-17-18-26(2)39-40(7,8)33(4,5)6)34(27(3)29-21-15-12-16-22-29)32(36)38-25-28-19-13-11-14-20-28/h11-22,26-27,30H,9-10,23-25H2,1-8H3/b18-17+/t26-,27+,30-/m0/s1. The van der Waals surface area contributed by atoms with Crippen LogP contribution in [0.2, 0.25) is 18.1 Å². The van der Waals surface area contributed by atoms with Crippen molar-refractivity contribution in [1.29, 1.82) is 0 Å². The molecule has 220 valence electrons. The van der Waals surface area contributed by atoms with Gasteiger partial charge in [-0.15, -0.1) is 0 Å². The van der Waals surface area contributed by atoms with E-state index in [0.29, 0.717) is 6.61 Å². The van der Waals surface area contributed by atoms with Gasteiger partial charge in [-0.05, 0) is 55.9 Å². The number of rotatable bonds is 14. The molecule has 40 heavy (non-hydrogen) atoms. The first-order valence-corrected chi connectivity index (χ1v) is 17.3. The molecule has 0 spiro atoms. The van der Waals surface area contributed by atoms with Crippen LogP contribution in [0.1, 0.15) is 78.0 Å². The van der Waals surface area contributed by atoms with Gasteiger partial charge < -0.3 is 13.9 Å². The van der Waals surface area contributed by atoms with E-state index in [-0.39, 0.29) is 24.2 Å². The number of hydrogen-bond donors (Lipinski definition) is 0. The summed E-state index contributed by atoms with van der Waals surface area (Å²) in [4.78, 5) is 28.7. The molecule has 0 aliphatic rings. The highest BCUT2D eigenvalue weighted by molar-refractivity contribution is 6.74. The van der Waals surface area contributed by atoms with Crippen LogP contribution in [0.5, 0.6) is 0 Å². The highest BCUT2D eigenvalue weighted by Crippen LogP contribution is 2.37. The van der Waals surface area contributed by atoms with E-state index >= 15 is 0 Å². The quantitative estimate of drug-likeness (QED) is 0.0991. The molecule has 2 rings (SSSR count). The fourth-order valence-corrected chi connectivity index (χ4v) is 5.42. The Bertz CT molecular complexity index is 1070. The van der Waals surface area contributed by atoms with Crippen molar-refractivity contribution < 1.29 is 23.5 Å². The van der Waals surface area contributed by atoms with Crippen LogP contribution >= 0.6 is 0 Å². The number of hydrogen-bond acceptors (Lipinski definition) is 5. The molecule has 0 aliphatic heterocycles. The second-order valence-electron chi connectivity index (χ2n) is 11.8. The highest BCUT2D eigenvalue weighted by Gasteiger charge is 2.38. The number of benzene rings is 2. The molecule has 1 amide bonds. The summed E-state index contributed by atoms with van der Waals surface area (Å²) in [6.07, 6.45) is 5.18. The molecule has 0 saturated heterocycles. The maximum atomic E-state index is 13.7. The zero-order chi connectivity index (χ0) is 29.8. The van der Waals surface area contributed by atoms with E-state index in [2.05, 4.69) is 33.9 Å². The predicted octanol–water partition coefficient (Wildman–Crippen LogP) is 8.45. The first kappa shape index (κ1) is 33.3. The van der Waals surface area contributed by atoms with Gasteiger partial charge in [0.25, 0.3) is 0 Å². The number of nitrogens with zero attached hydrogens (tertiary/aromatic N) is 1. The van der Waals surface area contributed by atoms with Gasteiger partial charge in [0.05, 0.1) is 18.8 Å². The molecule has 2 aromatic carbocycles. The maximum Gasteiger partial charge on any atom is 0.411 e. The summed E-state index contributed by atoms with van der Waals surface area (Å²) < 4.78 is 17.9. The highest BCUT2D eigenvalue weighted by atomic mass is 28.4. The summed E-state index contributed by atoms with van der Waals surface area (Å²) in [6.45, 7) is 17.5. The third-order valence-corrected chi connectivity index (χ3v) is 12.1. The van der Waals surface area contributed by atoms with E-state index in [1.807, 2.05) is 93.6 Å². The Balaban J connectivity index is 2.34. The number of unbranched alkanes of at least 4 members (excludes halogenated alkanes) is 1. The van der Waals surface area contributed by atoms with Crippen molar-refractivity contribution in [3.05, 3.63) is 83.9 Å². The summed E-state index contributed by atoms with van der Waals surface area (Å²) in [5.74, 6) is -0.435. The van der Waals surface area contributed by atoms with E-state index in [4.69, 9.17) is 13.9 Å². The summed E-state index contributed by atoms with van der Waals surface area (Å²) in [6, 6.07) is 17.9. The summed E-state index contributed by atoms with van der Waals surface area (Å²) >= 11 is 0. The van der Waals surface area contributed by atoms with Gasteiger partial charge in [0, 0.05) is 0 Å². The van der Waals surface area contributed by atoms with E-state index in [9.17, 15) is 9.59 Å². The Morgan fingerprint density at radius 1 is 0.950 bits per heavy atom. The fraction of sp³-hybridized carbons (Fsp3) is 0.515. The molecule has 0 heterocycles. The van der Waals surface area contributed by atoms with E-state index in [1.165, 1.54) is 4.90 Å². The van der Waals surface area contributed by atoms with Crippen molar-refractivity contribution in [3.63, 3.8) is 0 Å². The average Bonchev–Trinajstić information content (AvgIpc) is 2.91. The lowest BCUT2D eigenvalue weighted by Gasteiger charge is -2.38. The van der Waals surface area contributed by atoms with Crippen LogP contribution in [0.3, 0.4) is 0 Å². The van der Waals surface area contributed by atoms with Crippen LogP contribution in [0.25, 0.3) is 0 Å². The first-order valence-electron chi connectivity index (χ1n) is 14.4. The topological polar surface area (TPSA) is 65.1 Å². The molecule has 3 atom stereocenters. The summed E-state index contributed by atoms with van der Waals surface area (Å²) in [7, 11) is -1.96. The van der Waals surface area contributed by atoms with Crippen molar-refractivity contribution in [2.24, 2.45) is 0 Å². The Morgan fingerprint density at radius 3 is 2.12 bits per heavy atom. The van der Waals surface area contributed by atoms with Gasteiger partial charge in [0.1, 0.15) is 12.6 Å². The zero-order valence-corrected chi connectivity index (χ0v) is 26.7. The van der Waals surface area contributed by atoms with Crippen LogP contribution < -0.4 is 0 Å². The molecule has 7 heteroatoms. The molecule has 0 fully saturated rings. The normalized spacial score (nSPS) is 14.4. The molecule has 0 aromatic heterocycles. The van der Waals surface area contributed by atoms with Crippen molar-refractivity contribution in [1.82, 2.24) is 4.90 Å². The van der Waals surface area contributed by atoms with Crippen molar-refractivity contribution in [3.8, 4) is 0 Å². The molecule has 0 aliphatic carbocycles. The summed E-state index contributed by atoms with van der Waals surface area (Å²) in [5.41, 5.74) is 1.78. The Labute approximate surface area is 242 Å². The van der Waals surface area contributed by atoms with Gasteiger partial charge in [-0.3, -0.25) is 4.90 Å². The molecule has 0 radical (unpaired) electrons. The third kappa shape index (κ3) is 10.2. The zero-order valence-electron chi connectivity index (χ0n) is 25.7. The van der Waals surface area contributed by atoms with E-state index in [0.717, 1.165) is 24.0 Å². The minimum atomic E-state index is -1.96. The Morgan fingerprint density at radius 2 is 1.55 bits per heavy atom. The minimum absolute atomic E-state index is 0.0884. The largest absolute Gasteiger partial charge is 0.464 e. The average molecular weight is 568 g/mol. The third-order valence-electron chi connectivity index (χ3n) is 7.52. The molecular weight excluding hydrogens is 518 g/mol.